The predicted molar refractivity (Wildman–Crippen MR) is 76.1 cm³/mol. The van der Waals surface area contributed by atoms with E-state index >= 15 is 0 Å². The average Bonchev–Trinajstić information content (AvgIpc) is 2.33. The molecule has 19 heavy (non-hydrogen) atoms. The fourth-order valence-corrected chi connectivity index (χ4v) is 2.12. The van der Waals surface area contributed by atoms with Crippen LogP contribution in [0, 0.1) is 20.8 Å². The van der Waals surface area contributed by atoms with Gasteiger partial charge in [0, 0.05) is 23.9 Å². The third kappa shape index (κ3) is 3.18. The highest BCUT2D eigenvalue weighted by Crippen LogP contribution is 2.16. The summed E-state index contributed by atoms with van der Waals surface area (Å²) >= 11 is 0. The van der Waals surface area contributed by atoms with Crippen molar-refractivity contribution in [2.45, 2.75) is 40.2 Å². The molecule has 0 aliphatic carbocycles. The Morgan fingerprint density at radius 2 is 1.89 bits per heavy atom. The van der Waals surface area contributed by atoms with Gasteiger partial charge in [-0.1, -0.05) is 18.2 Å². The minimum atomic E-state index is -0.518. The van der Waals surface area contributed by atoms with Gasteiger partial charge in [0.25, 0.3) is 0 Å². The number of aliphatic hydroxyl groups is 1. The van der Waals surface area contributed by atoms with Gasteiger partial charge in [0.05, 0.1) is 6.10 Å². The topological polar surface area (TPSA) is 46.0 Å². The minimum absolute atomic E-state index is 0.518. The van der Waals surface area contributed by atoms with Crippen LogP contribution in [0.5, 0.6) is 0 Å². The molecular weight excluding hydrogens is 236 g/mol. The standard InChI is InChI=1S/C16H20N2O/c1-10-5-6-14(7-11(10)2)8-16-17-9-15(13(4)19)12(3)18-16/h5-7,9,13,19H,8H2,1-4H3. The molecule has 1 N–H and O–H groups in total. The molecule has 0 spiro atoms. The molecule has 0 amide bonds. The van der Waals surface area contributed by atoms with E-state index in [2.05, 4.69) is 42.0 Å². The molecule has 100 valence electrons. The molecule has 3 nitrogen and oxygen atoms in total. The van der Waals surface area contributed by atoms with Gasteiger partial charge in [0.15, 0.2) is 0 Å². The normalized spacial score (nSPS) is 12.5. The predicted octanol–water partition coefficient (Wildman–Crippen LogP) is 3.05. The van der Waals surface area contributed by atoms with E-state index < -0.39 is 6.10 Å². The quantitative estimate of drug-likeness (QED) is 0.918. The van der Waals surface area contributed by atoms with Crippen molar-refractivity contribution in [2.24, 2.45) is 0 Å². The molecular formula is C16H20N2O. The summed E-state index contributed by atoms with van der Waals surface area (Å²) in [7, 11) is 0. The number of rotatable bonds is 3. The maximum atomic E-state index is 9.57. The Balaban J connectivity index is 2.24. The molecule has 2 aromatic rings. The Hall–Kier alpha value is -1.74. The van der Waals surface area contributed by atoms with Crippen molar-refractivity contribution in [3.63, 3.8) is 0 Å². The highest BCUT2D eigenvalue weighted by molar-refractivity contribution is 5.31. The summed E-state index contributed by atoms with van der Waals surface area (Å²) in [6, 6.07) is 6.42. The SMILES string of the molecule is Cc1ccc(Cc2ncc(C(C)O)c(C)n2)cc1C. The number of aromatic nitrogens is 2. The molecule has 1 unspecified atom stereocenters. The molecule has 0 aliphatic heterocycles. The summed E-state index contributed by atoms with van der Waals surface area (Å²) in [6.45, 7) is 7.86. The third-order valence-electron chi connectivity index (χ3n) is 3.45. The van der Waals surface area contributed by atoms with Crippen LogP contribution in [-0.2, 0) is 6.42 Å². The molecule has 0 fully saturated rings. The van der Waals surface area contributed by atoms with Crippen molar-refractivity contribution in [3.05, 3.63) is 58.2 Å². The van der Waals surface area contributed by atoms with Crippen LogP contribution in [0.1, 0.15) is 46.8 Å². The van der Waals surface area contributed by atoms with E-state index in [-0.39, 0.29) is 0 Å². The van der Waals surface area contributed by atoms with Crippen molar-refractivity contribution in [1.29, 1.82) is 0 Å². The van der Waals surface area contributed by atoms with E-state index in [4.69, 9.17) is 0 Å². The largest absolute Gasteiger partial charge is 0.389 e. The minimum Gasteiger partial charge on any atom is -0.389 e. The highest BCUT2D eigenvalue weighted by atomic mass is 16.3. The first-order chi connectivity index (χ1) is 8.97. The number of hydrogen-bond donors (Lipinski definition) is 1. The van der Waals surface area contributed by atoms with Gasteiger partial charge in [-0.05, 0) is 44.4 Å². The Kier molecular flexibility index (Phi) is 3.96. The molecule has 0 saturated heterocycles. The van der Waals surface area contributed by atoms with Crippen molar-refractivity contribution < 1.29 is 5.11 Å². The lowest BCUT2D eigenvalue weighted by atomic mass is 10.0. The van der Waals surface area contributed by atoms with E-state index in [0.717, 1.165) is 23.5 Å². The first kappa shape index (κ1) is 13.7. The van der Waals surface area contributed by atoms with Crippen LogP contribution >= 0.6 is 0 Å². The molecule has 1 atom stereocenters. The van der Waals surface area contributed by atoms with Gasteiger partial charge in [-0.3, -0.25) is 0 Å². The summed E-state index contributed by atoms with van der Waals surface area (Å²) in [5, 5.41) is 9.57. The summed E-state index contributed by atoms with van der Waals surface area (Å²) in [5.74, 6) is 0.796. The van der Waals surface area contributed by atoms with Gasteiger partial charge in [0.1, 0.15) is 5.82 Å². The Morgan fingerprint density at radius 3 is 2.47 bits per heavy atom. The first-order valence-electron chi connectivity index (χ1n) is 6.54. The Bertz CT molecular complexity index is 591. The monoisotopic (exact) mass is 256 g/mol. The van der Waals surface area contributed by atoms with Gasteiger partial charge in [0.2, 0.25) is 0 Å². The van der Waals surface area contributed by atoms with Crippen LogP contribution in [0.2, 0.25) is 0 Å². The molecule has 1 heterocycles. The summed E-state index contributed by atoms with van der Waals surface area (Å²) in [4.78, 5) is 8.81. The maximum Gasteiger partial charge on any atom is 0.132 e. The number of aryl methyl sites for hydroxylation is 3. The molecule has 1 aromatic carbocycles. The average molecular weight is 256 g/mol. The van der Waals surface area contributed by atoms with E-state index in [0.29, 0.717) is 0 Å². The number of aliphatic hydroxyl groups excluding tert-OH is 1. The molecule has 0 bridgehead atoms. The first-order valence-corrected chi connectivity index (χ1v) is 6.54. The van der Waals surface area contributed by atoms with Crippen molar-refractivity contribution >= 4 is 0 Å². The van der Waals surface area contributed by atoms with Crippen molar-refractivity contribution in [2.75, 3.05) is 0 Å². The fourth-order valence-electron chi connectivity index (χ4n) is 2.12. The third-order valence-corrected chi connectivity index (χ3v) is 3.45. The van der Waals surface area contributed by atoms with Crippen molar-refractivity contribution in [3.8, 4) is 0 Å². The Morgan fingerprint density at radius 1 is 1.16 bits per heavy atom. The second-order valence-corrected chi connectivity index (χ2v) is 5.10. The summed E-state index contributed by atoms with van der Waals surface area (Å²) < 4.78 is 0. The van der Waals surface area contributed by atoms with Crippen LogP contribution in [0.15, 0.2) is 24.4 Å². The lowest BCUT2D eigenvalue weighted by molar-refractivity contribution is 0.197. The van der Waals surface area contributed by atoms with Gasteiger partial charge in [-0.2, -0.15) is 0 Å². The van der Waals surface area contributed by atoms with Crippen LogP contribution in [-0.4, -0.2) is 15.1 Å². The second-order valence-electron chi connectivity index (χ2n) is 5.10. The van der Waals surface area contributed by atoms with E-state index in [1.165, 1.54) is 16.7 Å². The van der Waals surface area contributed by atoms with Gasteiger partial charge < -0.3 is 5.11 Å². The summed E-state index contributed by atoms with van der Waals surface area (Å²) in [5.41, 5.74) is 5.44. The number of benzene rings is 1. The lowest BCUT2D eigenvalue weighted by Crippen LogP contribution is -2.04. The van der Waals surface area contributed by atoms with E-state index in [1.807, 2.05) is 6.92 Å². The van der Waals surface area contributed by atoms with Crippen LogP contribution in [0.4, 0.5) is 0 Å². The summed E-state index contributed by atoms with van der Waals surface area (Å²) in [6.07, 6.45) is 1.93. The second kappa shape index (κ2) is 5.49. The zero-order chi connectivity index (χ0) is 14.0. The zero-order valence-corrected chi connectivity index (χ0v) is 11.9. The fraction of sp³-hybridized carbons (Fsp3) is 0.375. The molecule has 0 saturated carbocycles. The molecule has 0 aliphatic rings. The molecule has 1 aromatic heterocycles. The van der Waals surface area contributed by atoms with Crippen LogP contribution in [0.25, 0.3) is 0 Å². The number of hydrogen-bond acceptors (Lipinski definition) is 3. The number of nitrogens with zero attached hydrogens (tertiary/aromatic N) is 2. The van der Waals surface area contributed by atoms with Crippen LogP contribution < -0.4 is 0 Å². The van der Waals surface area contributed by atoms with Crippen LogP contribution in [0.3, 0.4) is 0 Å². The smallest absolute Gasteiger partial charge is 0.132 e. The maximum absolute atomic E-state index is 9.57. The van der Waals surface area contributed by atoms with Crippen molar-refractivity contribution in [1.82, 2.24) is 9.97 Å². The Labute approximate surface area is 114 Å². The zero-order valence-electron chi connectivity index (χ0n) is 11.9. The van der Waals surface area contributed by atoms with E-state index in [1.54, 1.807) is 13.1 Å². The van der Waals surface area contributed by atoms with Gasteiger partial charge in [-0.15, -0.1) is 0 Å². The van der Waals surface area contributed by atoms with E-state index in [9.17, 15) is 5.11 Å². The van der Waals surface area contributed by atoms with Gasteiger partial charge in [-0.25, -0.2) is 9.97 Å². The molecule has 3 heteroatoms. The molecule has 2 rings (SSSR count). The highest BCUT2D eigenvalue weighted by Gasteiger charge is 2.08. The lowest BCUT2D eigenvalue weighted by Gasteiger charge is -2.09. The van der Waals surface area contributed by atoms with Gasteiger partial charge >= 0.3 is 0 Å². The molecule has 0 radical (unpaired) electrons.